The first-order valence-electron chi connectivity index (χ1n) is 8.22. The number of aryl methyl sites for hydroxylation is 2. The molecule has 0 aliphatic carbocycles. The minimum atomic E-state index is -0.116. The summed E-state index contributed by atoms with van der Waals surface area (Å²) in [5.41, 5.74) is 9.32. The lowest BCUT2D eigenvalue weighted by molar-refractivity contribution is -0.116. The zero-order valence-corrected chi connectivity index (χ0v) is 15.7. The molecule has 140 valence electrons. The molecule has 2 aromatic rings. The van der Waals surface area contributed by atoms with Crippen LogP contribution in [0.15, 0.2) is 30.3 Å². The summed E-state index contributed by atoms with van der Waals surface area (Å²) >= 11 is 0. The van der Waals surface area contributed by atoms with Gasteiger partial charge in [0, 0.05) is 18.6 Å². The average Bonchev–Trinajstić information content (AvgIpc) is 3.02. The average molecular weight is 379 g/mol. The molecule has 0 unspecified atom stereocenters. The van der Waals surface area contributed by atoms with Gasteiger partial charge < -0.3 is 25.3 Å². The lowest BCUT2D eigenvalue weighted by Gasteiger charge is -2.10. The first-order valence-corrected chi connectivity index (χ1v) is 8.22. The Bertz CT molecular complexity index is 795. The van der Waals surface area contributed by atoms with Crippen LogP contribution in [0.25, 0.3) is 0 Å². The van der Waals surface area contributed by atoms with Gasteiger partial charge in [-0.05, 0) is 43.5 Å². The second-order valence-electron chi connectivity index (χ2n) is 6.04. The maximum atomic E-state index is 12.1. The highest BCUT2D eigenvalue weighted by Crippen LogP contribution is 2.38. The number of fused-ring (bicyclic) bond motifs is 1. The predicted molar refractivity (Wildman–Crippen MR) is 104 cm³/mol. The summed E-state index contributed by atoms with van der Waals surface area (Å²) in [7, 11) is 0. The lowest BCUT2D eigenvalue weighted by Crippen LogP contribution is -2.14. The van der Waals surface area contributed by atoms with Crippen LogP contribution in [0.3, 0.4) is 0 Å². The standard InChI is InChI=1S/C19H22N2O4.ClH/c1-12-5-6-14(8-13(12)2)23-7-3-4-19(22)21-16-10-18-17(9-15(16)20)24-11-25-18;/h5-6,8-10H,3-4,7,11,20H2,1-2H3,(H,21,22);1H. The zero-order valence-electron chi connectivity index (χ0n) is 14.8. The van der Waals surface area contributed by atoms with E-state index in [1.54, 1.807) is 12.1 Å². The molecule has 2 aromatic carbocycles. The van der Waals surface area contributed by atoms with Gasteiger partial charge in [-0.2, -0.15) is 0 Å². The molecule has 1 aliphatic rings. The first-order chi connectivity index (χ1) is 12.0. The Kier molecular flexibility index (Phi) is 6.58. The van der Waals surface area contributed by atoms with Gasteiger partial charge in [-0.3, -0.25) is 4.79 Å². The third-order valence-corrected chi connectivity index (χ3v) is 4.11. The number of carbonyl (C=O) groups is 1. The number of hydrogen-bond donors (Lipinski definition) is 2. The van der Waals surface area contributed by atoms with Crippen molar-refractivity contribution in [3.63, 3.8) is 0 Å². The van der Waals surface area contributed by atoms with Crippen LogP contribution in [0.5, 0.6) is 17.2 Å². The van der Waals surface area contributed by atoms with Gasteiger partial charge in [-0.15, -0.1) is 12.4 Å². The number of amides is 1. The summed E-state index contributed by atoms with van der Waals surface area (Å²) in [6.07, 6.45) is 0.960. The van der Waals surface area contributed by atoms with Gasteiger partial charge in [0.25, 0.3) is 0 Å². The molecule has 7 heteroatoms. The number of halogens is 1. The fourth-order valence-corrected chi connectivity index (χ4v) is 2.51. The van der Waals surface area contributed by atoms with Crippen molar-refractivity contribution in [1.82, 2.24) is 0 Å². The Morgan fingerprint density at radius 3 is 2.62 bits per heavy atom. The zero-order chi connectivity index (χ0) is 17.8. The van der Waals surface area contributed by atoms with Crippen LogP contribution < -0.4 is 25.3 Å². The highest BCUT2D eigenvalue weighted by Gasteiger charge is 2.17. The van der Waals surface area contributed by atoms with E-state index in [1.807, 2.05) is 25.1 Å². The van der Waals surface area contributed by atoms with Crippen LogP contribution >= 0.6 is 12.4 Å². The quantitative estimate of drug-likeness (QED) is 0.589. The van der Waals surface area contributed by atoms with Gasteiger partial charge in [-0.25, -0.2) is 0 Å². The number of nitrogens with two attached hydrogens (primary N) is 1. The summed E-state index contributed by atoms with van der Waals surface area (Å²) in [6.45, 7) is 4.76. The molecule has 0 saturated carbocycles. The van der Waals surface area contributed by atoms with Crippen LogP contribution in [0.2, 0.25) is 0 Å². The normalized spacial score (nSPS) is 11.6. The minimum Gasteiger partial charge on any atom is -0.494 e. The van der Waals surface area contributed by atoms with Crippen molar-refractivity contribution in [3.05, 3.63) is 41.5 Å². The van der Waals surface area contributed by atoms with Gasteiger partial charge in [0.1, 0.15) is 5.75 Å². The van der Waals surface area contributed by atoms with Crippen molar-refractivity contribution in [2.24, 2.45) is 0 Å². The third kappa shape index (κ3) is 4.73. The monoisotopic (exact) mass is 378 g/mol. The van der Waals surface area contributed by atoms with Crippen LogP contribution in [0.4, 0.5) is 11.4 Å². The van der Waals surface area contributed by atoms with Crippen LogP contribution in [-0.4, -0.2) is 19.3 Å². The molecule has 0 aromatic heterocycles. The van der Waals surface area contributed by atoms with Crippen LogP contribution in [0, 0.1) is 13.8 Å². The van der Waals surface area contributed by atoms with E-state index < -0.39 is 0 Å². The van der Waals surface area contributed by atoms with E-state index in [0.717, 1.165) is 5.75 Å². The molecule has 0 radical (unpaired) electrons. The Hall–Kier alpha value is -2.60. The van der Waals surface area contributed by atoms with Crippen molar-refractivity contribution in [2.45, 2.75) is 26.7 Å². The molecular formula is C19H23ClN2O4. The molecule has 3 N–H and O–H groups in total. The number of rotatable bonds is 6. The molecule has 0 spiro atoms. The molecule has 1 aliphatic heterocycles. The van der Waals surface area contributed by atoms with Crippen molar-refractivity contribution in [2.75, 3.05) is 24.5 Å². The fraction of sp³-hybridized carbons (Fsp3) is 0.316. The maximum Gasteiger partial charge on any atom is 0.231 e. The highest BCUT2D eigenvalue weighted by molar-refractivity contribution is 5.94. The van der Waals surface area contributed by atoms with E-state index in [0.29, 0.717) is 42.3 Å². The predicted octanol–water partition coefficient (Wildman–Crippen LogP) is 3.83. The summed E-state index contributed by atoms with van der Waals surface area (Å²) in [5.74, 6) is 1.89. The van der Waals surface area contributed by atoms with Gasteiger partial charge in [0.15, 0.2) is 11.5 Å². The van der Waals surface area contributed by atoms with Gasteiger partial charge in [0.05, 0.1) is 18.0 Å². The SMILES string of the molecule is Cc1ccc(OCCCC(=O)Nc2cc3c(cc2N)OCO3)cc1C.Cl. The van der Waals surface area contributed by atoms with E-state index in [1.165, 1.54) is 11.1 Å². The Labute approximate surface area is 159 Å². The van der Waals surface area contributed by atoms with Crippen molar-refractivity contribution < 1.29 is 19.0 Å². The number of anilines is 2. The summed E-state index contributed by atoms with van der Waals surface area (Å²) in [6, 6.07) is 9.31. The van der Waals surface area contributed by atoms with E-state index in [9.17, 15) is 4.79 Å². The number of hydrogen-bond acceptors (Lipinski definition) is 5. The van der Waals surface area contributed by atoms with Crippen molar-refractivity contribution in [3.8, 4) is 17.2 Å². The fourth-order valence-electron chi connectivity index (χ4n) is 2.51. The molecular weight excluding hydrogens is 356 g/mol. The first kappa shape index (κ1) is 19.7. The second kappa shape index (κ2) is 8.67. The van der Waals surface area contributed by atoms with E-state index >= 15 is 0 Å². The number of nitrogens with one attached hydrogen (secondary N) is 1. The second-order valence-corrected chi connectivity index (χ2v) is 6.04. The van der Waals surface area contributed by atoms with Crippen molar-refractivity contribution >= 4 is 29.7 Å². The third-order valence-electron chi connectivity index (χ3n) is 4.11. The summed E-state index contributed by atoms with van der Waals surface area (Å²) in [4.78, 5) is 12.1. The molecule has 0 bridgehead atoms. The maximum absolute atomic E-state index is 12.1. The van der Waals surface area contributed by atoms with Crippen LogP contribution in [-0.2, 0) is 4.79 Å². The molecule has 1 amide bonds. The highest BCUT2D eigenvalue weighted by atomic mass is 35.5. The number of benzene rings is 2. The Morgan fingerprint density at radius 2 is 1.88 bits per heavy atom. The molecule has 0 saturated heterocycles. The van der Waals surface area contributed by atoms with Gasteiger partial charge >= 0.3 is 0 Å². The van der Waals surface area contributed by atoms with Gasteiger partial charge in [0.2, 0.25) is 12.7 Å². The Balaban J connectivity index is 0.00000243. The largest absolute Gasteiger partial charge is 0.494 e. The smallest absolute Gasteiger partial charge is 0.231 e. The number of nitrogen functional groups attached to an aromatic ring is 1. The van der Waals surface area contributed by atoms with Crippen molar-refractivity contribution in [1.29, 1.82) is 0 Å². The Morgan fingerprint density at radius 1 is 1.15 bits per heavy atom. The molecule has 26 heavy (non-hydrogen) atoms. The van der Waals surface area contributed by atoms with Gasteiger partial charge in [-0.1, -0.05) is 6.07 Å². The van der Waals surface area contributed by atoms with E-state index in [4.69, 9.17) is 19.9 Å². The molecule has 0 atom stereocenters. The lowest BCUT2D eigenvalue weighted by atomic mass is 10.1. The number of ether oxygens (including phenoxy) is 3. The van der Waals surface area contributed by atoms with E-state index in [2.05, 4.69) is 12.2 Å². The topological polar surface area (TPSA) is 82.8 Å². The minimum absolute atomic E-state index is 0. The summed E-state index contributed by atoms with van der Waals surface area (Å²) < 4.78 is 16.2. The summed E-state index contributed by atoms with van der Waals surface area (Å²) in [5, 5.41) is 2.80. The molecule has 6 nitrogen and oxygen atoms in total. The number of carbonyl (C=O) groups excluding carboxylic acids is 1. The van der Waals surface area contributed by atoms with E-state index in [-0.39, 0.29) is 25.1 Å². The molecule has 1 heterocycles. The van der Waals surface area contributed by atoms with Crippen LogP contribution in [0.1, 0.15) is 24.0 Å². The molecule has 0 fully saturated rings. The molecule has 3 rings (SSSR count).